The minimum Gasteiger partial charge on any atom is -0.399 e. The molecular formula is C12H13N5O2. The predicted octanol–water partition coefficient (Wildman–Crippen LogP) is 0.199. The van der Waals surface area contributed by atoms with E-state index in [9.17, 15) is 9.59 Å². The second-order valence-electron chi connectivity index (χ2n) is 3.95. The van der Waals surface area contributed by atoms with Gasteiger partial charge in [0.1, 0.15) is 5.82 Å². The third-order valence-electron chi connectivity index (χ3n) is 2.63. The lowest BCUT2D eigenvalue weighted by Crippen LogP contribution is -2.31. The number of benzene rings is 1. The molecule has 19 heavy (non-hydrogen) atoms. The maximum Gasteiger partial charge on any atom is 0.252 e. The Morgan fingerprint density at radius 2 is 2.05 bits per heavy atom. The summed E-state index contributed by atoms with van der Waals surface area (Å²) < 4.78 is 0. The molecule has 0 aliphatic rings. The number of nitrogen functional groups attached to an aromatic ring is 1. The highest BCUT2D eigenvalue weighted by Crippen LogP contribution is 2.27. The molecule has 98 valence electrons. The van der Waals surface area contributed by atoms with Crippen LogP contribution in [0.25, 0.3) is 11.3 Å². The number of primary amides is 1. The molecule has 0 aliphatic carbocycles. The molecule has 1 aromatic heterocycles. The molecule has 0 radical (unpaired) electrons. The summed E-state index contributed by atoms with van der Waals surface area (Å²) in [7, 11) is 0. The van der Waals surface area contributed by atoms with Gasteiger partial charge in [-0.3, -0.25) is 9.59 Å². The lowest BCUT2D eigenvalue weighted by molar-refractivity contribution is -0.107. The van der Waals surface area contributed by atoms with Crippen molar-refractivity contribution in [2.24, 2.45) is 11.6 Å². The number of amides is 2. The fourth-order valence-corrected chi connectivity index (χ4v) is 1.75. The van der Waals surface area contributed by atoms with E-state index in [1.807, 2.05) is 0 Å². The van der Waals surface area contributed by atoms with Gasteiger partial charge in [-0.1, -0.05) is 12.1 Å². The van der Waals surface area contributed by atoms with E-state index in [4.69, 9.17) is 17.3 Å². The summed E-state index contributed by atoms with van der Waals surface area (Å²) in [5, 5.41) is 0.760. The van der Waals surface area contributed by atoms with Gasteiger partial charge in [-0.25, -0.2) is 10.9 Å². The van der Waals surface area contributed by atoms with Crippen molar-refractivity contribution >= 4 is 23.8 Å². The average Bonchev–Trinajstić information content (AvgIpc) is 2.83. The number of anilines is 2. The van der Waals surface area contributed by atoms with Crippen LogP contribution in [0, 0.1) is 0 Å². The Morgan fingerprint density at radius 3 is 2.63 bits per heavy atom. The maximum atomic E-state index is 11.3. The van der Waals surface area contributed by atoms with Gasteiger partial charge in [0, 0.05) is 16.9 Å². The first kappa shape index (κ1) is 12.7. The van der Waals surface area contributed by atoms with Gasteiger partial charge in [0.15, 0.2) is 0 Å². The molecule has 7 N–H and O–H groups in total. The van der Waals surface area contributed by atoms with Crippen LogP contribution in [0.4, 0.5) is 11.5 Å². The van der Waals surface area contributed by atoms with Crippen molar-refractivity contribution in [2.75, 3.05) is 10.7 Å². The molecular weight excluding hydrogens is 246 g/mol. The van der Waals surface area contributed by atoms with Gasteiger partial charge in [-0.05, 0) is 18.2 Å². The summed E-state index contributed by atoms with van der Waals surface area (Å²) in [6.45, 7) is 0. The largest absolute Gasteiger partial charge is 0.399 e. The summed E-state index contributed by atoms with van der Waals surface area (Å²) in [6.07, 6.45) is 0.376. The molecule has 0 saturated heterocycles. The molecule has 2 aromatic rings. The predicted molar refractivity (Wildman–Crippen MR) is 71.9 cm³/mol. The van der Waals surface area contributed by atoms with Gasteiger partial charge in [0.2, 0.25) is 6.41 Å². The lowest BCUT2D eigenvalue weighted by Gasteiger charge is -2.08. The van der Waals surface area contributed by atoms with Crippen molar-refractivity contribution in [3.8, 4) is 11.3 Å². The Bertz CT molecular complexity index is 635. The topological polar surface area (TPSA) is 131 Å². The highest BCUT2D eigenvalue weighted by molar-refractivity contribution is 6.01. The Hall–Kier alpha value is -2.80. The number of nitrogens with zero attached hydrogens (tertiary/aromatic N) is 1. The van der Waals surface area contributed by atoms with Gasteiger partial charge >= 0.3 is 0 Å². The minimum atomic E-state index is -0.682. The molecule has 0 bridgehead atoms. The number of aromatic amines is 1. The van der Waals surface area contributed by atoms with Crippen molar-refractivity contribution in [1.82, 2.24) is 4.98 Å². The molecule has 0 fully saturated rings. The van der Waals surface area contributed by atoms with Crippen LogP contribution in [0.3, 0.4) is 0 Å². The molecule has 1 aromatic carbocycles. The number of hydrogen-bond donors (Lipinski definition) is 4. The highest BCUT2D eigenvalue weighted by Gasteiger charge is 2.17. The molecule has 0 unspecified atom stereocenters. The normalized spacial score (nSPS) is 10.2. The van der Waals surface area contributed by atoms with Gasteiger partial charge in [-0.15, -0.1) is 0 Å². The number of hydrazine groups is 1. The third-order valence-corrected chi connectivity index (χ3v) is 2.63. The van der Waals surface area contributed by atoms with Crippen molar-refractivity contribution in [3.63, 3.8) is 0 Å². The van der Waals surface area contributed by atoms with Crippen LogP contribution in [0.2, 0.25) is 0 Å². The summed E-state index contributed by atoms with van der Waals surface area (Å²) in [5.41, 5.74) is 13.0. The van der Waals surface area contributed by atoms with E-state index in [0.717, 1.165) is 10.6 Å². The zero-order valence-corrected chi connectivity index (χ0v) is 9.96. The molecule has 7 heteroatoms. The van der Waals surface area contributed by atoms with E-state index in [2.05, 4.69) is 4.98 Å². The van der Waals surface area contributed by atoms with E-state index in [0.29, 0.717) is 17.8 Å². The zero-order chi connectivity index (χ0) is 14.0. The fraction of sp³-hybridized carbons (Fsp3) is 0. The number of carbonyl (C=O) groups excluding carboxylic acids is 2. The third kappa shape index (κ3) is 2.40. The van der Waals surface area contributed by atoms with Crippen LogP contribution in [0.5, 0.6) is 0 Å². The monoisotopic (exact) mass is 259 g/mol. The highest BCUT2D eigenvalue weighted by atomic mass is 16.1. The van der Waals surface area contributed by atoms with Crippen LogP contribution < -0.4 is 22.3 Å². The zero-order valence-electron chi connectivity index (χ0n) is 9.96. The Labute approximate surface area is 109 Å². The quantitative estimate of drug-likeness (QED) is 0.205. The molecule has 2 rings (SSSR count). The summed E-state index contributed by atoms with van der Waals surface area (Å²) in [6, 6.07) is 8.56. The van der Waals surface area contributed by atoms with Crippen molar-refractivity contribution in [1.29, 1.82) is 0 Å². The summed E-state index contributed by atoms with van der Waals surface area (Å²) in [4.78, 5) is 24.9. The average molecular weight is 259 g/mol. The van der Waals surface area contributed by atoms with Gasteiger partial charge in [0.25, 0.3) is 5.91 Å². The van der Waals surface area contributed by atoms with Gasteiger partial charge < -0.3 is 16.5 Å². The molecule has 0 atom stereocenters. The maximum absolute atomic E-state index is 11.3. The van der Waals surface area contributed by atoms with Gasteiger partial charge in [0.05, 0.1) is 5.56 Å². The Kier molecular flexibility index (Phi) is 3.21. The minimum absolute atomic E-state index is 0.132. The fourth-order valence-electron chi connectivity index (χ4n) is 1.75. The first-order valence-electron chi connectivity index (χ1n) is 5.41. The van der Waals surface area contributed by atoms with E-state index in [1.54, 1.807) is 24.3 Å². The van der Waals surface area contributed by atoms with Crippen LogP contribution in [-0.4, -0.2) is 17.3 Å². The number of aromatic nitrogens is 1. The van der Waals surface area contributed by atoms with E-state index < -0.39 is 5.91 Å². The van der Waals surface area contributed by atoms with Crippen LogP contribution >= 0.6 is 0 Å². The van der Waals surface area contributed by atoms with Crippen LogP contribution in [0.15, 0.2) is 30.3 Å². The van der Waals surface area contributed by atoms with Crippen molar-refractivity contribution < 1.29 is 9.59 Å². The molecule has 0 spiro atoms. The lowest BCUT2D eigenvalue weighted by atomic mass is 10.1. The molecule has 7 nitrogen and oxygen atoms in total. The van der Waals surface area contributed by atoms with E-state index in [1.165, 1.54) is 6.07 Å². The summed E-state index contributed by atoms with van der Waals surface area (Å²) in [5.74, 6) is 4.91. The molecule has 0 saturated carbocycles. The molecule has 2 amide bonds. The van der Waals surface area contributed by atoms with Crippen molar-refractivity contribution in [3.05, 3.63) is 35.9 Å². The number of nitrogens with two attached hydrogens (primary N) is 3. The molecule has 0 aliphatic heterocycles. The number of carbonyl (C=O) groups is 2. The van der Waals surface area contributed by atoms with Crippen LogP contribution in [0.1, 0.15) is 10.4 Å². The first-order chi connectivity index (χ1) is 9.02. The second kappa shape index (κ2) is 4.83. The Morgan fingerprint density at radius 1 is 1.32 bits per heavy atom. The van der Waals surface area contributed by atoms with Gasteiger partial charge in [-0.2, -0.15) is 0 Å². The number of hydrogen-bond acceptors (Lipinski definition) is 4. The molecule has 1 heterocycles. The smallest absolute Gasteiger partial charge is 0.252 e. The number of nitrogens with one attached hydrogen (secondary N) is 1. The van der Waals surface area contributed by atoms with E-state index >= 15 is 0 Å². The second-order valence-corrected chi connectivity index (χ2v) is 3.95. The number of rotatable bonds is 4. The van der Waals surface area contributed by atoms with E-state index in [-0.39, 0.29) is 11.4 Å². The van der Waals surface area contributed by atoms with Crippen LogP contribution in [-0.2, 0) is 4.79 Å². The number of H-pyrrole nitrogens is 1. The SMILES string of the molecule is NC(=O)c1cc(-c2cccc(N)c2)[nH]c1N(N)C=O. The Balaban J connectivity index is 2.54. The summed E-state index contributed by atoms with van der Waals surface area (Å²) >= 11 is 0. The first-order valence-corrected chi connectivity index (χ1v) is 5.41. The standard InChI is InChI=1S/C12H13N5O2/c13-8-3-1-2-7(4-8)10-5-9(11(14)19)12(16-10)17(15)6-18/h1-6,16H,13,15H2,(H2,14,19). The van der Waals surface area contributed by atoms with Crippen molar-refractivity contribution in [2.45, 2.75) is 0 Å².